The van der Waals surface area contributed by atoms with Crippen molar-refractivity contribution in [2.24, 2.45) is 5.92 Å². The minimum absolute atomic E-state index is 0.0160. The molecule has 2 fully saturated rings. The quantitative estimate of drug-likeness (QED) is 0.768. The van der Waals surface area contributed by atoms with E-state index in [0.717, 1.165) is 5.76 Å². The van der Waals surface area contributed by atoms with E-state index in [1.54, 1.807) is 6.26 Å². The lowest BCUT2D eigenvalue weighted by molar-refractivity contribution is -0.121. The Morgan fingerprint density at radius 2 is 1.70 bits per heavy atom. The minimum atomic E-state index is -0.227. The van der Waals surface area contributed by atoms with Gasteiger partial charge in [0.1, 0.15) is 11.8 Å². The molecule has 3 N–H and O–H groups in total. The van der Waals surface area contributed by atoms with Gasteiger partial charge in [-0.15, -0.1) is 0 Å². The molecular formula is C15H15N3O2. The highest BCUT2D eigenvalue weighted by molar-refractivity contribution is 5.85. The van der Waals surface area contributed by atoms with Gasteiger partial charge >= 0.3 is 0 Å². The zero-order valence-electron chi connectivity index (χ0n) is 10.7. The second-order valence-corrected chi connectivity index (χ2v) is 5.23. The number of furan rings is 1. The molecule has 0 saturated carbocycles. The Bertz CT molecular complexity index is 611. The van der Waals surface area contributed by atoms with Crippen LogP contribution in [0.15, 0.2) is 53.1 Å². The number of hydrazine groups is 1. The number of nitrogens with one attached hydrogen (secondary N) is 3. The molecule has 2 aliphatic heterocycles. The number of fused-ring (bicyclic) bond motifs is 1. The van der Waals surface area contributed by atoms with E-state index in [0.29, 0.717) is 0 Å². The van der Waals surface area contributed by atoms with E-state index in [2.05, 4.69) is 28.3 Å². The maximum absolute atomic E-state index is 12.1. The van der Waals surface area contributed by atoms with Crippen molar-refractivity contribution in [1.29, 1.82) is 0 Å². The van der Waals surface area contributed by atoms with Crippen LogP contribution >= 0.6 is 0 Å². The third-order valence-corrected chi connectivity index (χ3v) is 4.14. The largest absolute Gasteiger partial charge is 0.467 e. The molecule has 1 aromatic heterocycles. The highest BCUT2D eigenvalue weighted by Gasteiger charge is 2.52. The van der Waals surface area contributed by atoms with Gasteiger partial charge in [-0.25, -0.2) is 10.9 Å². The lowest BCUT2D eigenvalue weighted by atomic mass is 9.86. The average Bonchev–Trinajstić information content (AvgIpc) is 3.18. The Labute approximate surface area is 116 Å². The molecular weight excluding hydrogens is 254 g/mol. The van der Waals surface area contributed by atoms with Gasteiger partial charge in [0, 0.05) is 5.92 Å². The van der Waals surface area contributed by atoms with Crippen LogP contribution in [-0.4, -0.2) is 11.9 Å². The third kappa shape index (κ3) is 1.67. The molecule has 0 radical (unpaired) electrons. The van der Waals surface area contributed by atoms with E-state index in [9.17, 15) is 4.79 Å². The normalized spacial score (nSPS) is 32.1. The number of benzene rings is 1. The Morgan fingerprint density at radius 3 is 2.45 bits per heavy atom. The first-order valence-electron chi connectivity index (χ1n) is 6.74. The molecule has 2 aliphatic rings. The van der Waals surface area contributed by atoms with Gasteiger partial charge in [-0.2, -0.15) is 0 Å². The van der Waals surface area contributed by atoms with Crippen molar-refractivity contribution in [2.75, 3.05) is 0 Å². The van der Waals surface area contributed by atoms with Gasteiger partial charge in [-0.05, 0) is 17.7 Å². The van der Waals surface area contributed by atoms with Crippen LogP contribution in [0.25, 0.3) is 0 Å². The summed E-state index contributed by atoms with van der Waals surface area (Å²) in [5.41, 5.74) is 7.52. The van der Waals surface area contributed by atoms with E-state index < -0.39 is 0 Å². The van der Waals surface area contributed by atoms with E-state index in [1.807, 2.05) is 30.3 Å². The second kappa shape index (κ2) is 4.47. The summed E-state index contributed by atoms with van der Waals surface area (Å²) in [4.78, 5) is 12.1. The molecule has 0 bridgehead atoms. The summed E-state index contributed by atoms with van der Waals surface area (Å²) in [6.07, 6.45) is 1.64. The van der Waals surface area contributed by atoms with Gasteiger partial charge in [0.2, 0.25) is 5.91 Å². The van der Waals surface area contributed by atoms with E-state index in [1.165, 1.54) is 5.56 Å². The van der Waals surface area contributed by atoms with Crippen molar-refractivity contribution in [3.63, 3.8) is 0 Å². The lowest BCUT2D eigenvalue weighted by Crippen LogP contribution is -2.39. The van der Waals surface area contributed by atoms with Crippen LogP contribution in [-0.2, 0) is 4.79 Å². The fourth-order valence-electron chi connectivity index (χ4n) is 3.22. The first-order chi connectivity index (χ1) is 9.84. The van der Waals surface area contributed by atoms with Gasteiger partial charge in [-0.1, -0.05) is 30.3 Å². The van der Waals surface area contributed by atoms with E-state index in [4.69, 9.17) is 4.42 Å². The van der Waals surface area contributed by atoms with Crippen LogP contribution in [0.2, 0.25) is 0 Å². The van der Waals surface area contributed by atoms with Crippen LogP contribution in [0.4, 0.5) is 0 Å². The maximum atomic E-state index is 12.1. The number of amides is 1. The van der Waals surface area contributed by atoms with Crippen molar-refractivity contribution >= 4 is 5.91 Å². The number of hydrogen-bond donors (Lipinski definition) is 3. The number of carbonyl (C=O) groups excluding carboxylic acids is 1. The van der Waals surface area contributed by atoms with Gasteiger partial charge in [0.15, 0.2) is 0 Å². The molecule has 102 valence electrons. The zero-order chi connectivity index (χ0) is 13.5. The molecule has 1 amide bonds. The fourth-order valence-corrected chi connectivity index (χ4v) is 3.22. The molecule has 1 aromatic carbocycles. The molecule has 20 heavy (non-hydrogen) atoms. The van der Waals surface area contributed by atoms with E-state index >= 15 is 0 Å². The van der Waals surface area contributed by atoms with Crippen molar-refractivity contribution in [3.05, 3.63) is 60.1 Å². The summed E-state index contributed by atoms with van der Waals surface area (Å²) < 4.78 is 5.49. The van der Waals surface area contributed by atoms with Crippen molar-refractivity contribution < 1.29 is 9.21 Å². The molecule has 4 atom stereocenters. The summed E-state index contributed by atoms with van der Waals surface area (Å²) in [5, 5.41) is 3.02. The molecule has 0 spiro atoms. The highest BCUT2D eigenvalue weighted by Crippen LogP contribution is 2.41. The third-order valence-electron chi connectivity index (χ3n) is 4.14. The highest BCUT2D eigenvalue weighted by atomic mass is 16.3. The summed E-state index contributed by atoms with van der Waals surface area (Å²) in [5.74, 6) is 0.913. The van der Waals surface area contributed by atoms with Crippen molar-refractivity contribution in [2.45, 2.75) is 18.1 Å². The molecule has 2 aromatic rings. The SMILES string of the molecule is O=C1NC(c2ccco2)C2C1NNC2c1ccccc1. The second-order valence-electron chi connectivity index (χ2n) is 5.23. The summed E-state index contributed by atoms with van der Waals surface area (Å²) in [7, 11) is 0. The Morgan fingerprint density at radius 1 is 0.900 bits per heavy atom. The van der Waals surface area contributed by atoms with Gasteiger partial charge < -0.3 is 9.73 Å². The van der Waals surface area contributed by atoms with E-state index in [-0.39, 0.29) is 30.0 Å². The van der Waals surface area contributed by atoms with Crippen molar-refractivity contribution in [3.8, 4) is 0 Å². The zero-order valence-corrected chi connectivity index (χ0v) is 10.7. The molecule has 4 rings (SSSR count). The van der Waals surface area contributed by atoms with Crippen LogP contribution < -0.4 is 16.2 Å². The van der Waals surface area contributed by atoms with Crippen LogP contribution in [0, 0.1) is 5.92 Å². The van der Waals surface area contributed by atoms with Crippen LogP contribution in [0.5, 0.6) is 0 Å². The number of rotatable bonds is 2. The first-order valence-corrected chi connectivity index (χ1v) is 6.74. The summed E-state index contributed by atoms with van der Waals surface area (Å²) in [6, 6.07) is 13.7. The monoisotopic (exact) mass is 269 g/mol. The fraction of sp³-hybridized carbons (Fsp3) is 0.267. The smallest absolute Gasteiger partial charge is 0.239 e. The topological polar surface area (TPSA) is 66.3 Å². The van der Waals surface area contributed by atoms with Crippen molar-refractivity contribution in [1.82, 2.24) is 16.2 Å². The standard InChI is InChI=1S/C15H15N3O2/c19-15-14-11(13(16-15)10-7-4-8-20-10)12(17-18-14)9-5-2-1-3-6-9/h1-8,11-14,17-18H,(H,16,19). The molecule has 4 unspecified atom stereocenters. The molecule has 5 heteroatoms. The Balaban J connectivity index is 1.72. The van der Waals surface area contributed by atoms with Crippen LogP contribution in [0.1, 0.15) is 23.4 Å². The minimum Gasteiger partial charge on any atom is -0.467 e. The van der Waals surface area contributed by atoms with Gasteiger partial charge in [0.25, 0.3) is 0 Å². The molecule has 0 aliphatic carbocycles. The first kappa shape index (κ1) is 11.7. The number of hydrogen-bond acceptors (Lipinski definition) is 4. The molecule has 2 saturated heterocycles. The van der Waals surface area contributed by atoms with Crippen LogP contribution in [0.3, 0.4) is 0 Å². The Hall–Kier alpha value is -2.11. The van der Waals surface area contributed by atoms with Gasteiger partial charge in [0.05, 0.1) is 18.3 Å². The maximum Gasteiger partial charge on any atom is 0.239 e. The molecule has 3 heterocycles. The predicted molar refractivity (Wildman–Crippen MR) is 72.3 cm³/mol. The lowest BCUT2D eigenvalue weighted by Gasteiger charge is -2.22. The predicted octanol–water partition coefficient (Wildman–Crippen LogP) is 1.28. The average molecular weight is 269 g/mol. The number of carbonyl (C=O) groups is 1. The van der Waals surface area contributed by atoms with Gasteiger partial charge in [-0.3, -0.25) is 4.79 Å². The Kier molecular flexibility index (Phi) is 2.61. The summed E-state index contributed by atoms with van der Waals surface area (Å²) in [6.45, 7) is 0. The summed E-state index contributed by atoms with van der Waals surface area (Å²) >= 11 is 0. The molecule has 5 nitrogen and oxygen atoms in total.